The van der Waals surface area contributed by atoms with Crippen molar-refractivity contribution >= 4 is 5.91 Å². The van der Waals surface area contributed by atoms with E-state index in [1.807, 2.05) is 0 Å². The van der Waals surface area contributed by atoms with Crippen molar-refractivity contribution in [1.29, 1.82) is 0 Å². The van der Waals surface area contributed by atoms with E-state index in [9.17, 15) is 4.79 Å². The lowest BCUT2D eigenvalue weighted by Crippen LogP contribution is -2.34. The molecule has 1 aliphatic heterocycles. The molecule has 0 radical (unpaired) electrons. The fraction of sp³-hybridized carbons (Fsp3) is 0.800. The van der Waals surface area contributed by atoms with Gasteiger partial charge in [-0.2, -0.15) is 0 Å². The van der Waals surface area contributed by atoms with Crippen molar-refractivity contribution in [3.63, 3.8) is 0 Å². The van der Waals surface area contributed by atoms with Gasteiger partial charge in [-0.05, 0) is 51.6 Å². The van der Waals surface area contributed by atoms with Crippen molar-refractivity contribution in [1.82, 2.24) is 10.6 Å². The quantitative estimate of drug-likeness (QED) is 0.569. The van der Waals surface area contributed by atoms with Crippen molar-refractivity contribution in [3.05, 3.63) is 11.6 Å². The molecule has 19 heavy (non-hydrogen) atoms. The largest absolute Gasteiger partial charge is 0.376 e. The molecule has 4 heteroatoms. The maximum atomic E-state index is 11.7. The Balaban J connectivity index is 1.52. The van der Waals surface area contributed by atoms with E-state index >= 15 is 0 Å². The molecule has 2 rings (SSSR count). The molecule has 0 aromatic heterocycles. The van der Waals surface area contributed by atoms with Crippen LogP contribution < -0.4 is 10.6 Å². The van der Waals surface area contributed by atoms with Gasteiger partial charge in [0.05, 0.1) is 12.7 Å². The zero-order chi connectivity index (χ0) is 13.3. The summed E-state index contributed by atoms with van der Waals surface area (Å²) in [6.07, 6.45) is 10.1. The standard InChI is InChI=1S/C15H26N2O2/c18-15(12-13-4-2-1-3-5-13)17-10-11-19-14-6-8-16-9-7-14/h4,14,16H,1-3,5-12H2,(H,17,18). The van der Waals surface area contributed by atoms with Gasteiger partial charge in [0.15, 0.2) is 0 Å². The third-order valence-corrected chi connectivity index (χ3v) is 3.84. The molecule has 0 aromatic rings. The molecule has 2 N–H and O–H groups in total. The first kappa shape index (κ1) is 14.5. The van der Waals surface area contributed by atoms with E-state index in [-0.39, 0.29) is 5.91 Å². The van der Waals surface area contributed by atoms with Gasteiger partial charge in [-0.1, -0.05) is 11.6 Å². The molecule has 0 bridgehead atoms. The minimum absolute atomic E-state index is 0.141. The highest BCUT2D eigenvalue weighted by molar-refractivity contribution is 5.78. The van der Waals surface area contributed by atoms with Crippen LogP contribution in [-0.2, 0) is 9.53 Å². The molecule has 1 heterocycles. The molecule has 0 unspecified atom stereocenters. The molecule has 1 amide bonds. The summed E-state index contributed by atoms with van der Waals surface area (Å²) < 4.78 is 5.75. The Kier molecular flexibility index (Phi) is 6.37. The lowest BCUT2D eigenvalue weighted by atomic mass is 9.97. The summed E-state index contributed by atoms with van der Waals surface area (Å²) in [5.74, 6) is 0.141. The zero-order valence-electron chi connectivity index (χ0n) is 11.7. The second-order valence-corrected chi connectivity index (χ2v) is 5.46. The predicted molar refractivity (Wildman–Crippen MR) is 76.0 cm³/mol. The van der Waals surface area contributed by atoms with Crippen molar-refractivity contribution in [2.45, 2.75) is 51.0 Å². The van der Waals surface area contributed by atoms with Gasteiger partial charge in [0.2, 0.25) is 5.91 Å². The van der Waals surface area contributed by atoms with E-state index in [0.29, 0.717) is 25.7 Å². The number of piperidine rings is 1. The SMILES string of the molecule is O=C(CC1=CCCCC1)NCCOC1CCNCC1. The van der Waals surface area contributed by atoms with Crippen LogP contribution in [0.25, 0.3) is 0 Å². The van der Waals surface area contributed by atoms with E-state index in [1.54, 1.807) is 0 Å². The molecular weight excluding hydrogens is 240 g/mol. The molecule has 1 saturated heterocycles. The first-order valence-corrected chi connectivity index (χ1v) is 7.61. The fourth-order valence-electron chi connectivity index (χ4n) is 2.71. The maximum Gasteiger partial charge on any atom is 0.224 e. The molecule has 108 valence electrons. The Morgan fingerprint density at radius 2 is 2.21 bits per heavy atom. The number of rotatable bonds is 6. The van der Waals surface area contributed by atoms with Crippen LogP contribution in [0, 0.1) is 0 Å². The normalized spacial score (nSPS) is 20.9. The van der Waals surface area contributed by atoms with Crippen LogP contribution in [0.5, 0.6) is 0 Å². The number of hydrogen-bond donors (Lipinski definition) is 2. The Bertz CT molecular complexity index is 309. The molecule has 0 spiro atoms. The zero-order valence-corrected chi connectivity index (χ0v) is 11.7. The lowest BCUT2D eigenvalue weighted by Gasteiger charge is -2.23. The third kappa shape index (κ3) is 5.74. The summed E-state index contributed by atoms with van der Waals surface area (Å²) in [6, 6.07) is 0. The summed E-state index contributed by atoms with van der Waals surface area (Å²) in [5.41, 5.74) is 1.31. The Hall–Kier alpha value is -0.870. The predicted octanol–water partition coefficient (Wildman–Crippen LogP) is 1.76. The third-order valence-electron chi connectivity index (χ3n) is 3.84. The van der Waals surface area contributed by atoms with E-state index in [1.165, 1.54) is 18.4 Å². The van der Waals surface area contributed by atoms with Gasteiger partial charge in [0.1, 0.15) is 0 Å². The van der Waals surface area contributed by atoms with Gasteiger partial charge in [-0.25, -0.2) is 0 Å². The van der Waals surface area contributed by atoms with Crippen molar-refractivity contribution < 1.29 is 9.53 Å². The monoisotopic (exact) mass is 266 g/mol. The molecule has 0 saturated carbocycles. The highest BCUT2D eigenvalue weighted by atomic mass is 16.5. The van der Waals surface area contributed by atoms with E-state index < -0.39 is 0 Å². The number of ether oxygens (including phenoxy) is 1. The van der Waals surface area contributed by atoms with Crippen LogP contribution in [0.15, 0.2) is 11.6 Å². The van der Waals surface area contributed by atoms with Gasteiger partial charge in [0.25, 0.3) is 0 Å². The molecule has 2 aliphatic rings. The van der Waals surface area contributed by atoms with Crippen LogP contribution in [0.4, 0.5) is 0 Å². The van der Waals surface area contributed by atoms with E-state index in [0.717, 1.165) is 38.8 Å². The molecule has 4 nitrogen and oxygen atoms in total. The molecule has 0 aromatic carbocycles. The fourth-order valence-corrected chi connectivity index (χ4v) is 2.71. The smallest absolute Gasteiger partial charge is 0.224 e. The second kappa shape index (κ2) is 8.33. The summed E-state index contributed by atoms with van der Waals surface area (Å²) >= 11 is 0. The van der Waals surface area contributed by atoms with Crippen molar-refractivity contribution in [2.75, 3.05) is 26.2 Å². The van der Waals surface area contributed by atoms with Gasteiger partial charge < -0.3 is 15.4 Å². The Morgan fingerprint density at radius 3 is 2.95 bits per heavy atom. The van der Waals surface area contributed by atoms with Crippen LogP contribution in [0.3, 0.4) is 0 Å². The lowest BCUT2D eigenvalue weighted by molar-refractivity contribution is -0.120. The summed E-state index contributed by atoms with van der Waals surface area (Å²) in [5, 5.41) is 6.26. The number of hydrogen-bond acceptors (Lipinski definition) is 3. The van der Waals surface area contributed by atoms with Crippen LogP contribution in [-0.4, -0.2) is 38.3 Å². The summed E-state index contributed by atoms with van der Waals surface area (Å²) in [7, 11) is 0. The molecule has 0 atom stereocenters. The minimum atomic E-state index is 0.141. The molecule has 1 aliphatic carbocycles. The number of carbonyl (C=O) groups is 1. The van der Waals surface area contributed by atoms with Crippen LogP contribution in [0.2, 0.25) is 0 Å². The summed E-state index contributed by atoms with van der Waals surface area (Å²) in [4.78, 5) is 11.7. The van der Waals surface area contributed by atoms with Crippen LogP contribution >= 0.6 is 0 Å². The highest BCUT2D eigenvalue weighted by Crippen LogP contribution is 2.19. The van der Waals surface area contributed by atoms with Gasteiger partial charge in [-0.3, -0.25) is 4.79 Å². The maximum absolute atomic E-state index is 11.7. The van der Waals surface area contributed by atoms with Gasteiger partial charge >= 0.3 is 0 Å². The van der Waals surface area contributed by atoms with Gasteiger partial charge in [0, 0.05) is 13.0 Å². The second-order valence-electron chi connectivity index (χ2n) is 5.46. The minimum Gasteiger partial charge on any atom is -0.376 e. The first-order chi connectivity index (χ1) is 9.34. The van der Waals surface area contributed by atoms with Crippen LogP contribution in [0.1, 0.15) is 44.9 Å². The first-order valence-electron chi connectivity index (χ1n) is 7.61. The number of amides is 1. The average Bonchev–Trinajstić information content (AvgIpc) is 2.46. The van der Waals surface area contributed by atoms with Crippen molar-refractivity contribution in [2.24, 2.45) is 0 Å². The topological polar surface area (TPSA) is 50.4 Å². The average molecular weight is 266 g/mol. The van der Waals surface area contributed by atoms with Gasteiger partial charge in [-0.15, -0.1) is 0 Å². The molecular formula is C15H26N2O2. The van der Waals surface area contributed by atoms with E-state index in [4.69, 9.17) is 4.74 Å². The Morgan fingerprint density at radius 1 is 1.37 bits per heavy atom. The Labute approximate surface area is 116 Å². The van der Waals surface area contributed by atoms with E-state index in [2.05, 4.69) is 16.7 Å². The van der Waals surface area contributed by atoms with Crippen molar-refractivity contribution in [3.8, 4) is 0 Å². The molecule has 1 fully saturated rings. The number of carbonyl (C=O) groups excluding carboxylic acids is 1. The summed E-state index contributed by atoms with van der Waals surface area (Å²) in [6.45, 7) is 3.36. The highest BCUT2D eigenvalue weighted by Gasteiger charge is 2.13. The number of nitrogens with one attached hydrogen (secondary N) is 2. The number of allylic oxidation sites excluding steroid dienone is 1.